The van der Waals surface area contributed by atoms with Gasteiger partial charge in [0.25, 0.3) is 0 Å². The van der Waals surface area contributed by atoms with Crippen LogP contribution in [0.15, 0.2) is 35.9 Å². The fourth-order valence-electron chi connectivity index (χ4n) is 1.76. The number of allylic oxidation sites excluding steroid dienone is 1. The monoisotopic (exact) mass is 237 g/mol. The summed E-state index contributed by atoms with van der Waals surface area (Å²) in [7, 11) is 0. The summed E-state index contributed by atoms with van der Waals surface area (Å²) in [6, 6.07) is 8.41. The van der Waals surface area contributed by atoms with Gasteiger partial charge in [0.15, 0.2) is 0 Å². The molecule has 0 aliphatic rings. The molecule has 0 aromatic heterocycles. The molecule has 1 aromatic rings. The van der Waals surface area contributed by atoms with Gasteiger partial charge in [-0.15, -0.1) is 0 Å². The van der Waals surface area contributed by atoms with Crippen LogP contribution in [-0.4, -0.2) is 12.6 Å². The summed E-state index contributed by atoms with van der Waals surface area (Å²) < 4.78 is 0. The third kappa shape index (κ3) is 4.38. The van der Waals surface area contributed by atoms with Crippen molar-refractivity contribution in [2.45, 2.75) is 33.2 Å². The van der Waals surface area contributed by atoms with Crippen molar-refractivity contribution in [1.82, 2.24) is 5.32 Å². The summed E-state index contributed by atoms with van der Waals surface area (Å²) in [4.78, 5) is 0. The number of hydrogen-bond donors (Lipinski definition) is 1. The van der Waals surface area contributed by atoms with Gasteiger partial charge in [0.2, 0.25) is 0 Å². The van der Waals surface area contributed by atoms with Crippen molar-refractivity contribution >= 4 is 11.6 Å². The second-order valence-corrected chi connectivity index (χ2v) is 4.61. The Kier molecular flexibility index (Phi) is 5.58. The summed E-state index contributed by atoms with van der Waals surface area (Å²) in [5.74, 6) is 0. The zero-order valence-corrected chi connectivity index (χ0v) is 11.0. The molecule has 0 bridgehead atoms. The predicted octanol–water partition coefficient (Wildman–Crippen LogP) is 3.83. The Morgan fingerprint density at radius 2 is 2.06 bits per heavy atom. The molecule has 0 aliphatic heterocycles. The molecule has 1 unspecified atom stereocenters. The first-order chi connectivity index (χ1) is 7.63. The van der Waals surface area contributed by atoms with Gasteiger partial charge in [-0.25, -0.2) is 0 Å². The molecule has 0 heterocycles. The largest absolute Gasteiger partial charge is 0.310 e. The smallest absolute Gasteiger partial charge is 0.0438 e. The molecule has 1 nitrogen and oxygen atoms in total. The molecular weight excluding hydrogens is 218 g/mol. The summed E-state index contributed by atoms with van der Waals surface area (Å²) in [6.45, 7) is 7.34. The van der Waals surface area contributed by atoms with Gasteiger partial charge in [0.05, 0.1) is 0 Å². The zero-order valence-electron chi connectivity index (χ0n) is 10.3. The van der Waals surface area contributed by atoms with E-state index in [2.05, 4.69) is 38.2 Å². The first-order valence-electron chi connectivity index (χ1n) is 5.75. The Bertz CT molecular complexity index is 354. The molecule has 1 aromatic carbocycles. The number of benzene rings is 1. The highest BCUT2D eigenvalue weighted by molar-refractivity contribution is 6.31. The lowest BCUT2D eigenvalue weighted by Gasteiger charge is -2.15. The molecule has 0 saturated heterocycles. The van der Waals surface area contributed by atoms with Crippen molar-refractivity contribution in [1.29, 1.82) is 0 Å². The van der Waals surface area contributed by atoms with E-state index in [0.717, 1.165) is 18.0 Å². The van der Waals surface area contributed by atoms with Gasteiger partial charge >= 0.3 is 0 Å². The van der Waals surface area contributed by atoms with Gasteiger partial charge in [-0.1, -0.05) is 48.4 Å². The van der Waals surface area contributed by atoms with Gasteiger partial charge in [-0.05, 0) is 38.4 Å². The van der Waals surface area contributed by atoms with E-state index >= 15 is 0 Å². The molecule has 2 heteroatoms. The minimum absolute atomic E-state index is 0.370. The molecule has 0 spiro atoms. The molecule has 1 N–H and O–H groups in total. The van der Waals surface area contributed by atoms with E-state index in [0.29, 0.717) is 6.04 Å². The molecule has 16 heavy (non-hydrogen) atoms. The van der Waals surface area contributed by atoms with Gasteiger partial charge in [0, 0.05) is 11.1 Å². The predicted molar refractivity (Wildman–Crippen MR) is 72.1 cm³/mol. The van der Waals surface area contributed by atoms with E-state index in [1.54, 1.807) is 0 Å². The lowest BCUT2D eigenvalue weighted by Crippen LogP contribution is -2.29. The fourth-order valence-corrected chi connectivity index (χ4v) is 1.97. The first kappa shape index (κ1) is 13.3. The maximum absolute atomic E-state index is 6.16. The number of likely N-dealkylation sites (N-methyl/N-ethyl adjacent to an activating group) is 1. The average molecular weight is 238 g/mol. The molecule has 1 rings (SSSR count). The number of hydrogen-bond acceptors (Lipinski definition) is 1. The van der Waals surface area contributed by atoms with Crippen molar-refractivity contribution in [3.63, 3.8) is 0 Å². The van der Waals surface area contributed by atoms with Crippen LogP contribution >= 0.6 is 11.6 Å². The van der Waals surface area contributed by atoms with Crippen LogP contribution in [-0.2, 0) is 6.42 Å². The van der Waals surface area contributed by atoms with Gasteiger partial charge in [-0.3, -0.25) is 0 Å². The second-order valence-electron chi connectivity index (χ2n) is 4.20. The third-order valence-corrected chi connectivity index (χ3v) is 2.77. The molecule has 88 valence electrons. The maximum Gasteiger partial charge on any atom is 0.0438 e. The SMILES string of the molecule is CCNC(C=C(C)C)Cc1ccccc1Cl. The Morgan fingerprint density at radius 3 is 2.62 bits per heavy atom. The lowest BCUT2D eigenvalue weighted by atomic mass is 10.0. The quantitative estimate of drug-likeness (QED) is 0.768. The average Bonchev–Trinajstić information content (AvgIpc) is 2.21. The highest BCUT2D eigenvalue weighted by atomic mass is 35.5. The summed E-state index contributed by atoms with van der Waals surface area (Å²) in [6.07, 6.45) is 3.20. The Balaban J connectivity index is 2.75. The van der Waals surface area contributed by atoms with Gasteiger partial charge in [-0.2, -0.15) is 0 Å². The van der Waals surface area contributed by atoms with E-state index in [4.69, 9.17) is 11.6 Å². The molecule has 0 amide bonds. The van der Waals surface area contributed by atoms with E-state index < -0.39 is 0 Å². The molecule has 1 atom stereocenters. The van der Waals surface area contributed by atoms with Crippen LogP contribution in [0.4, 0.5) is 0 Å². The normalized spacial score (nSPS) is 12.2. The maximum atomic E-state index is 6.16. The van der Waals surface area contributed by atoms with Crippen LogP contribution in [0.2, 0.25) is 5.02 Å². The molecule has 0 saturated carbocycles. The molecular formula is C14H20ClN. The lowest BCUT2D eigenvalue weighted by molar-refractivity contribution is 0.609. The second kappa shape index (κ2) is 6.72. The van der Waals surface area contributed by atoms with Crippen LogP contribution in [0.25, 0.3) is 0 Å². The molecule has 0 fully saturated rings. The first-order valence-corrected chi connectivity index (χ1v) is 6.13. The van der Waals surface area contributed by atoms with Crippen molar-refractivity contribution in [3.8, 4) is 0 Å². The Morgan fingerprint density at radius 1 is 1.38 bits per heavy atom. The van der Waals surface area contributed by atoms with Gasteiger partial charge in [0.1, 0.15) is 0 Å². The van der Waals surface area contributed by atoms with Crippen molar-refractivity contribution < 1.29 is 0 Å². The van der Waals surface area contributed by atoms with E-state index in [1.807, 2.05) is 18.2 Å². The van der Waals surface area contributed by atoms with Gasteiger partial charge < -0.3 is 5.32 Å². The standard InChI is InChI=1S/C14H20ClN/c1-4-16-13(9-11(2)3)10-12-7-5-6-8-14(12)15/h5-9,13,16H,4,10H2,1-3H3. The van der Waals surface area contributed by atoms with Crippen LogP contribution in [0, 0.1) is 0 Å². The number of nitrogens with one attached hydrogen (secondary N) is 1. The highest BCUT2D eigenvalue weighted by Crippen LogP contribution is 2.17. The van der Waals surface area contributed by atoms with Crippen LogP contribution < -0.4 is 5.32 Å². The topological polar surface area (TPSA) is 12.0 Å². The fraction of sp³-hybridized carbons (Fsp3) is 0.429. The van der Waals surface area contributed by atoms with Crippen molar-refractivity contribution in [2.75, 3.05) is 6.54 Å². The van der Waals surface area contributed by atoms with Crippen molar-refractivity contribution in [3.05, 3.63) is 46.5 Å². The Hall–Kier alpha value is -0.790. The minimum atomic E-state index is 0.370. The van der Waals surface area contributed by atoms with Crippen LogP contribution in [0.3, 0.4) is 0 Å². The van der Waals surface area contributed by atoms with E-state index in [-0.39, 0.29) is 0 Å². The minimum Gasteiger partial charge on any atom is -0.310 e. The summed E-state index contributed by atoms with van der Waals surface area (Å²) in [5.41, 5.74) is 2.53. The van der Waals surface area contributed by atoms with Crippen LogP contribution in [0.1, 0.15) is 26.3 Å². The van der Waals surface area contributed by atoms with E-state index in [9.17, 15) is 0 Å². The summed E-state index contributed by atoms with van der Waals surface area (Å²) in [5, 5.41) is 4.31. The number of rotatable bonds is 5. The Labute approximate surface area is 104 Å². The van der Waals surface area contributed by atoms with Crippen LogP contribution in [0.5, 0.6) is 0 Å². The zero-order chi connectivity index (χ0) is 12.0. The highest BCUT2D eigenvalue weighted by Gasteiger charge is 2.07. The molecule has 0 radical (unpaired) electrons. The molecule has 0 aliphatic carbocycles. The summed E-state index contributed by atoms with van der Waals surface area (Å²) >= 11 is 6.16. The van der Waals surface area contributed by atoms with E-state index in [1.165, 1.54) is 11.1 Å². The number of halogens is 1. The van der Waals surface area contributed by atoms with Crippen molar-refractivity contribution in [2.24, 2.45) is 0 Å². The third-order valence-electron chi connectivity index (χ3n) is 2.40.